The van der Waals surface area contributed by atoms with Crippen LogP contribution in [0.3, 0.4) is 0 Å². The molecular weight excluding hydrogens is 302 g/mol. The van der Waals surface area contributed by atoms with E-state index in [1.165, 1.54) is 5.56 Å². The molecule has 1 heterocycles. The van der Waals surface area contributed by atoms with Crippen molar-refractivity contribution in [1.82, 2.24) is 9.97 Å². The first kappa shape index (κ1) is 14.0. The lowest BCUT2D eigenvalue weighted by Crippen LogP contribution is -2.07. The van der Waals surface area contributed by atoms with Gasteiger partial charge in [-0.15, -0.1) is 0 Å². The summed E-state index contributed by atoms with van der Waals surface area (Å²) in [5.41, 5.74) is 2.30. The number of aromatic nitrogens is 2. The number of benzene rings is 1. The van der Waals surface area contributed by atoms with E-state index in [9.17, 15) is 0 Å². The molecule has 4 heteroatoms. The lowest BCUT2D eigenvalue weighted by atomic mass is 10.1. The van der Waals surface area contributed by atoms with Crippen LogP contribution >= 0.6 is 15.9 Å². The van der Waals surface area contributed by atoms with E-state index in [0.29, 0.717) is 0 Å². The van der Waals surface area contributed by atoms with Gasteiger partial charge in [0.05, 0.1) is 10.2 Å². The van der Waals surface area contributed by atoms with E-state index in [-0.39, 0.29) is 0 Å². The Morgan fingerprint density at radius 2 is 1.84 bits per heavy atom. The van der Waals surface area contributed by atoms with Crippen LogP contribution < -0.4 is 5.32 Å². The molecule has 19 heavy (non-hydrogen) atoms. The van der Waals surface area contributed by atoms with Crippen LogP contribution in [-0.4, -0.2) is 16.5 Å². The van der Waals surface area contributed by atoms with E-state index < -0.39 is 0 Å². The van der Waals surface area contributed by atoms with Crippen molar-refractivity contribution in [3.05, 3.63) is 51.9 Å². The summed E-state index contributed by atoms with van der Waals surface area (Å²) >= 11 is 3.52. The molecule has 2 aromatic rings. The first-order valence-electron chi connectivity index (χ1n) is 6.51. The van der Waals surface area contributed by atoms with Gasteiger partial charge in [-0.25, -0.2) is 9.97 Å². The fraction of sp³-hybridized carbons (Fsp3) is 0.333. The largest absolute Gasteiger partial charge is 0.369 e. The Kier molecular flexibility index (Phi) is 4.91. The van der Waals surface area contributed by atoms with Crippen molar-refractivity contribution in [1.29, 1.82) is 0 Å². The number of nitrogens with one attached hydrogen (secondary N) is 1. The molecule has 0 aliphatic rings. The van der Waals surface area contributed by atoms with E-state index >= 15 is 0 Å². The summed E-state index contributed by atoms with van der Waals surface area (Å²) in [6.45, 7) is 4.92. The maximum Gasteiger partial charge on any atom is 0.144 e. The molecule has 0 atom stereocenters. The molecule has 0 saturated heterocycles. The van der Waals surface area contributed by atoms with Gasteiger partial charge in [0.25, 0.3) is 0 Å². The van der Waals surface area contributed by atoms with E-state index in [4.69, 9.17) is 0 Å². The zero-order valence-corrected chi connectivity index (χ0v) is 12.9. The topological polar surface area (TPSA) is 37.8 Å². The summed E-state index contributed by atoms with van der Waals surface area (Å²) in [7, 11) is 0. The van der Waals surface area contributed by atoms with Gasteiger partial charge >= 0.3 is 0 Å². The molecule has 0 aliphatic carbocycles. The van der Waals surface area contributed by atoms with Gasteiger partial charge in [0.1, 0.15) is 11.6 Å². The summed E-state index contributed by atoms with van der Waals surface area (Å²) < 4.78 is 0.956. The van der Waals surface area contributed by atoms with Gasteiger partial charge in [0.15, 0.2) is 0 Å². The van der Waals surface area contributed by atoms with Crippen molar-refractivity contribution in [2.45, 2.75) is 26.7 Å². The van der Waals surface area contributed by atoms with Crippen LogP contribution in [0, 0.1) is 6.92 Å². The van der Waals surface area contributed by atoms with Gasteiger partial charge in [0.2, 0.25) is 0 Å². The molecule has 1 N–H and O–H groups in total. The van der Waals surface area contributed by atoms with Gasteiger partial charge in [-0.05, 0) is 41.8 Å². The summed E-state index contributed by atoms with van der Waals surface area (Å²) in [4.78, 5) is 9.10. The van der Waals surface area contributed by atoms with Gasteiger partial charge in [-0.1, -0.05) is 30.3 Å². The van der Waals surface area contributed by atoms with Crippen molar-refractivity contribution < 1.29 is 0 Å². The zero-order valence-electron chi connectivity index (χ0n) is 11.3. The number of nitrogens with zero attached hydrogens (tertiary/aromatic N) is 2. The van der Waals surface area contributed by atoms with E-state index in [2.05, 4.69) is 62.4 Å². The van der Waals surface area contributed by atoms with Crippen molar-refractivity contribution in [3.63, 3.8) is 0 Å². The second kappa shape index (κ2) is 6.66. The molecule has 0 spiro atoms. The van der Waals surface area contributed by atoms with Gasteiger partial charge in [0, 0.05) is 13.0 Å². The fourth-order valence-electron chi connectivity index (χ4n) is 1.91. The monoisotopic (exact) mass is 319 g/mol. The van der Waals surface area contributed by atoms with Gasteiger partial charge < -0.3 is 5.32 Å². The average Bonchev–Trinajstić information content (AvgIpc) is 2.43. The van der Waals surface area contributed by atoms with E-state index in [0.717, 1.165) is 41.2 Å². The molecule has 0 fully saturated rings. The van der Waals surface area contributed by atoms with E-state index in [1.807, 2.05) is 13.0 Å². The third-order valence-electron chi connectivity index (χ3n) is 2.89. The molecule has 3 nitrogen and oxygen atoms in total. The first-order chi connectivity index (χ1) is 9.20. The third kappa shape index (κ3) is 3.77. The molecule has 1 aromatic heterocycles. The molecule has 0 bridgehead atoms. The predicted octanol–water partition coefficient (Wildman–Crippen LogP) is 3.76. The van der Waals surface area contributed by atoms with Crippen LogP contribution in [0.2, 0.25) is 0 Å². The summed E-state index contributed by atoms with van der Waals surface area (Å²) in [5, 5.41) is 3.26. The van der Waals surface area contributed by atoms with Crippen LogP contribution in [0.15, 0.2) is 34.8 Å². The average molecular weight is 320 g/mol. The Balaban J connectivity index is 2.12. The second-order valence-corrected chi connectivity index (χ2v) is 5.20. The molecule has 100 valence electrons. The highest BCUT2D eigenvalue weighted by molar-refractivity contribution is 9.10. The maximum absolute atomic E-state index is 4.57. The van der Waals surface area contributed by atoms with Crippen molar-refractivity contribution in [3.8, 4) is 0 Å². The molecule has 1 aromatic carbocycles. The molecule has 0 saturated carbocycles. The standard InChI is InChI=1S/C15H18BrN3/c1-3-17-15-14(16)11(2)18-13(19-15)10-9-12-7-5-4-6-8-12/h4-8H,3,9-10H2,1-2H3,(H,17,18,19). The molecule has 2 rings (SSSR count). The Bertz CT molecular complexity index is 541. The first-order valence-corrected chi connectivity index (χ1v) is 7.30. The minimum absolute atomic E-state index is 0.854. The van der Waals surface area contributed by atoms with Crippen molar-refractivity contribution >= 4 is 21.7 Å². The van der Waals surface area contributed by atoms with Crippen LogP contribution in [0.25, 0.3) is 0 Å². The highest BCUT2D eigenvalue weighted by Crippen LogP contribution is 2.23. The molecule has 0 amide bonds. The third-order valence-corrected chi connectivity index (χ3v) is 3.84. The minimum Gasteiger partial charge on any atom is -0.369 e. The zero-order chi connectivity index (χ0) is 13.7. The normalized spacial score (nSPS) is 10.5. The number of rotatable bonds is 5. The molecular formula is C15H18BrN3. The Morgan fingerprint density at radius 3 is 2.53 bits per heavy atom. The van der Waals surface area contributed by atoms with Crippen molar-refractivity contribution in [2.24, 2.45) is 0 Å². The summed E-state index contributed by atoms with van der Waals surface area (Å²) in [6, 6.07) is 10.4. The maximum atomic E-state index is 4.57. The Hall–Kier alpha value is -1.42. The lowest BCUT2D eigenvalue weighted by molar-refractivity contribution is 0.842. The van der Waals surface area contributed by atoms with Crippen LogP contribution in [0.1, 0.15) is 24.0 Å². The van der Waals surface area contributed by atoms with Crippen molar-refractivity contribution in [2.75, 3.05) is 11.9 Å². The predicted molar refractivity (Wildman–Crippen MR) is 82.5 cm³/mol. The van der Waals surface area contributed by atoms with Crippen LogP contribution in [0.4, 0.5) is 5.82 Å². The number of halogens is 1. The van der Waals surface area contributed by atoms with E-state index in [1.54, 1.807) is 0 Å². The quantitative estimate of drug-likeness (QED) is 0.911. The smallest absolute Gasteiger partial charge is 0.144 e. The fourth-order valence-corrected chi connectivity index (χ4v) is 2.23. The summed E-state index contributed by atoms with van der Waals surface area (Å²) in [5.74, 6) is 1.78. The second-order valence-electron chi connectivity index (χ2n) is 4.40. The highest BCUT2D eigenvalue weighted by Gasteiger charge is 2.08. The number of aryl methyl sites for hydroxylation is 3. The molecule has 0 unspecified atom stereocenters. The lowest BCUT2D eigenvalue weighted by Gasteiger charge is -2.10. The summed E-state index contributed by atoms with van der Waals surface area (Å²) in [6.07, 6.45) is 1.82. The Labute approximate surface area is 122 Å². The molecule has 0 radical (unpaired) electrons. The number of hydrogen-bond acceptors (Lipinski definition) is 3. The number of anilines is 1. The SMILES string of the molecule is CCNc1nc(CCc2ccccc2)nc(C)c1Br. The van der Waals surface area contributed by atoms with Crippen LogP contribution in [-0.2, 0) is 12.8 Å². The minimum atomic E-state index is 0.854. The Morgan fingerprint density at radius 1 is 1.11 bits per heavy atom. The number of hydrogen-bond donors (Lipinski definition) is 1. The highest BCUT2D eigenvalue weighted by atomic mass is 79.9. The van der Waals surface area contributed by atoms with Gasteiger partial charge in [-0.3, -0.25) is 0 Å². The van der Waals surface area contributed by atoms with Gasteiger partial charge in [-0.2, -0.15) is 0 Å². The molecule has 0 aliphatic heterocycles. The van der Waals surface area contributed by atoms with Crippen LogP contribution in [0.5, 0.6) is 0 Å².